The Morgan fingerprint density at radius 1 is 1.26 bits per heavy atom. The van der Waals surface area contributed by atoms with Gasteiger partial charge in [0, 0.05) is 26.5 Å². The molecule has 5 nitrogen and oxygen atoms in total. The van der Waals surface area contributed by atoms with Crippen LogP contribution in [0.4, 0.5) is 5.69 Å². The molecular weight excluding hydrogens is 288 g/mol. The lowest BCUT2D eigenvalue weighted by Crippen LogP contribution is -2.23. The third-order valence-electron chi connectivity index (χ3n) is 2.43. The lowest BCUT2D eigenvalue weighted by Gasteiger charge is -2.16. The molecule has 1 N–H and O–H groups in total. The number of hydrogen-bond acceptors (Lipinski definition) is 4. The van der Waals surface area contributed by atoms with Gasteiger partial charge in [0.1, 0.15) is 4.90 Å². The van der Waals surface area contributed by atoms with Gasteiger partial charge in [-0.25, -0.2) is 12.7 Å². The van der Waals surface area contributed by atoms with Gasteiger partial charge < -0.3 is 10.1 Å². The maximum absolute atomic E-state index is 12.1. The van der Waals surface area contributed by atoms with Crippen LogP contribution in [0.1, 0.15) is 0 Å². The molecular formula is C12H19ClN2O3S. The fourth-order valence-corrected chi connectivity index (χ4v) is 2.62. The molecule has 1 aromatic rings. The molecule has 0 aromatic heterocycles. The second-order valence-corrected chi connectivity index (χ2v) is 6.51. The molecule has 0 amide bonds. The first-order chi connectivity index (χ1) is 9.00. The molecule has 1 aromatic carbocycles. The molecule has 1 rings (SSSR count). The van der Waals surface area contributed by atoms with Crippen molar-refractivity contribution < 1.29 is 13.2 Å². The molecule has 0 unspecified atom stereocenters. The van der Waals surface area contributed by atoms with Crippen molar-refractivity contribution in [2.45, 2.75) is 4.90 Å². The lowest BCUT2D eigenvalue weighted by molar-refractivity contribution is 0.160. The SMILES string of the molecule is CN(C)S(=O)(=O)c1ccccc1NCCOCCCl. The smallest absolute Gasteiger partial charge is 0.244 e. The van der Waals surface area contributed by atoms with Crippen molar-refractivity contribution in [2.75, 3.05) is 45.1 Å². The van der Waals surface area contributed by atoms with E-state index in [0.717, 1.165) is 0 Å². The van der Waals surface area contributed by atoms with Gasteiger partial charge in [0.2, 0.25) is 10.0 Å². The summed E-state index contributed by atoms with van der Waals surface area (Å²) in [5.41, 5.74) is 0.575. The van der Waals surface area contributed by atoms with Gasteiger partial charge in [-0.3, -0.25) is 0 Å². The van der Waals surface area contributed by atoms with Crippen molar-refractivity contribution >= 4 is 27.3 Å². The molecule has 0 bridgehead atoms. The highest BCUT2D eigenvalue weighted by atomic mass is 35.5. The fraction of sp³-hybridized carbons (Fsp3) is 0.500. The maximum atomic E-state index is 12.1. The van der Waals surface area contributed by atoms with Gasteiger partial charge in [0.25, 0.3) is 0 Å². The Labute approximate surface area is 119 Å². The summed E-state index contributed by atoms with van der Waals surface area (Å²) in [6, 6.07) is 6.80. The van der Waals surface area contributed by atoms with Gasteiger partial charge in [0.05, 0.1) is 18.9 Å². The number of anilines is 1. The van der Waals surface area contributed by atoms with Gasteiger partial charge in [-0.1, -0.05) is 12.1 Å². The zero-order valence-corrected chi connectivity index (χ0v) is 12.7. The molecule has 0 saturated heterocycles. The molecule has 0 aliphatic rings. The first-order valence-electron chi connectivity index (χ1n) is 5.89. The van der Waals surface area contributed by atoms with Crippen molar-refractivity contribution in [1.29, 1.82) is 0 Å². The van der Waals surface area contributed by atoms with E-state index in [9.17, 15) is 8.42 Å². The number of benzene rings is 1. The highest BCUT2D eigenvalue weighted by Gasteiger charge is 2.20. The summed E-state index contributed by atoms with van der Waals surface area (Å²) in [6.45, 7) is 1.49. The fourth-order valence-electron chi connectivity index (χ4n) is 1.45. The third-order valence-corrected chi connectivity index (χ3v) is 4.46. The minimum absolute atomic E-state index is 0.261. The lowest BCUT2D eigenvalue weighted by atomic mass is 10.3. The second-order valence-electron chi connectivity index (χ2n) is 4.01. The molecule has 0 atom stereocenters. The molecule has 0 fully saturated rings. The van der Waals surface area contributed by atoms with Crippen molar-refractivity contribution in [1.82, 2.24) is 4.31 Å². The summed E-state index contributed by atoms with van der Waals surface area (Å²) in [7, 11) is -0.427. The van der Waals surface area contributed by atoms with Crippen LogP contribution in [0.15, 0.2) is 29.2 Å². The first kappa shape index (κ1) is 16.2. The maximum Gasteiger partial charge on any atom is 0.244 e. The predicted octanol–water partition coefficient (Wildman–Crippen LogP) is 1.60. The average molecular weight is 307 g/mol. The standard InChI is InChI=1S/C12H19ClN2O3S/c1-15(2)19(16,17)12-6-4-3-5-11(12)14-8-10-18-9-7-13/h3-6,14H,7-10H2,1-2H3. The number of hydrogen-bond donors (Lipinski definition) is 1. The van der Waals surface area contributed by atoms with Crippen molar-refractivity contribution in [3.63, 3.8) is 0 Å². The van der Waals surface area contributed by atoms with Crippen LogP contribution in [-0.2, 0) is 14.8 Å². The van der Waals surface area contributed by atoms with E-state index in [1.54, 1.807) is 24.3 Å². The van der Waals surface area contributed by atoms with Gasteiger partial charge in [-0.2, -0.15) is 0 Å². The Morgan fingerprint density at radius 2 is 1.95 bits per heavy atom. The van der Waals surface area contributed by atoms with Gasteiger partial charge in [-0.15, -0.1) is 11.6 Å². The van der Waals surface area contributed by atoms with E-state index in [1.807, 2.05) is 0 Å². The number of nitrogens with one attached hydrogen (secondary N) is 1. The van der Waals surface area contributed by atoms with Crippen LogP contribution in [0.25, 0.3) is 0 Å². The number of rotatable bonds is 8. The summed E-state index contributed by atoms with van der Waals surface area (Å²) >= 11 is 5.49. The van der Waals surface area contributed by atoms with Crippen LogP contribution in [0.2, 0.25) is 0 Å². The van der Waals surface area contributed by atoms with E-state index >= 15 is 0 Å². The minimum atomic E-state index is -3.45. The number of halogens is 1. The average Bonchev–Trinajstić information content (AvgIpc) is 2.38. The second kappa shape index (κ2) is 7.69. The van der Waals surface area contributed by atoms with Crippen LogP contribution in [-0.4, -0.2) is 52.5 Å². The van der Waals surface area contributed by atoms with Gasteiger partial charge in [0.15, 0.2) is 0 Å². The molecule has 0 heterocycles. The zero-order valence-electron chi connectivity index (χ0n) is 11.1. The molecule has 7 heteroatoms. The van der Waals surface area contributed by atoms with E-state index in [1.165, 1.54) is 18.4 Å². The quantitative estimate of drug-likeness (QED) is 0.585. The monoisotopic (exact) mass is 306 g/mol. The Kier molecular flexibility index (Phi) is 6.57. The summed E-state index contributed by atoms with van der Waals surface area (Å²) in [5.74, 6) is 0.450. The van der Waals surface area contributed by atoms with E-state index in [-0.39, 0.29) is 4.90 Å². The largest absolute Gasteiger partial charge is 0.382 e. The number of sulfonamides is 1. The summed E-state index contributed by atoms with van der Waals surface area (Å²) < 4.78 is 30.7. The first-order valence-corrected chi connectivity index (χ1v) is 7.86. The molecule has 0 aliphatic heterocycles. The van der Waals surface area contributed by atoms with Crippen LogP contribution < -0.4 is 5.32 Å². The van der Waals surface area contributed by atoms with Crippen LogP contribution in [0.3, 0.4) is 0 Å². The Hall–Kier alpha value is -0.820. The Morgan fingerprint density at radius 3 is 2.58 bits per heavy atom. The molecule has 108 valence electrons. The van der Waals surface area contributed by atoms with Gasteiger partial charge in [-0.05, 0) is 12.1 Å². The summed E-state index contributed by atoms with van der Waals surface area (Å²) in [6.07, 6.45) is 0. The minimum Gasteiger partial charge on any atom is -0.382 e. The van der Waals surface area contributed by atoms with E-state index in [0.29, 0.717) is 31.3 Å². The molecule has 0 aliphatic carbocycles. The Bertz CT molecular complexity index is 492. The molecule has 0 saturated carbocycles. The number of para-hydroxylation sites is 1. The van der Waals surface area contributed by atoms with Crippen molar-refractivity contribution in [3.05, 3.63) is 24.3 Å². The van der Waals surface area contributed by atoms with Crippen LogP contribution in [0.5, 0.6) is 0 Å². The van der Waals surface area contributed by atoms with Crippen LogP contribution >= 0.6 is 11.6 Å². The topological polar surface area (TPSA) is 58.6 Å². The predicted molar refractivity (Wildman–Crippen MR) is 77.3 cm³/mol. The van der Waals surface area contributed by atoms with E-state index in [2.05, 4.69) is 5.32 Å². The normalized spacial score (nSPS) is 11.8. The Balaban J connectivity index is 2.74. The van der Waals surface area contributed by atoms with E-state index < -0.39 is 10.0 Å². The highest BCUT2D eigenvalue weighted by Crippen LogP contribution is 2.22. The van der Waals surface area contributed by atoms with E-state index in [4.69, 9.17) is 16.3 Å². The number of ether oxygens (including phenoxy) is 1. The van der Waals surface area contributed by atoms with Crippen LogP contribution in [0, 0.1) is 0 Å². The number of nitrogens with zero attached hydrogens (tertiary/aromatic N) is 1. The third kappa shape index (κ3) is 4.65. The highest BCUT2D eigenvalue weighted by molar-refractivity contribution is 7.89. The van der Waals surface area contributed by atoms with Crippen molar-refractivity contribution in [2.24, 2.45) is 0 Å². The van der Waals surface area contributed by atoms with Gasteiger partial charge >= 0.3 is 0 Å². The van der Waals surface area contributed by atoms with Crippen molar-refractivity contribution in [3.8, 4) is 0 Å². The molecule has 0 radical (unpaired) electrons. The summed E-state index contributed by atoms with van der Waals surface area (Å²) in [4.78, 5) is 0.261. The number of alkyl halides is 1. The molecule has 0 spiro atoms. The summed E-state index contributed by atoms with van der Waals surface area (Å²) in [5, 5.41) is 3.06. The molecule has 19 heavy (non-hydrogen) atoms. The zero-order chi connectivity index (χ0) is 14.3.